The molecule has 4 aromatic rings. The van der Waals surface area contributed by atoms with E-state index < -0.39 is 11.7 Å². The number of aromatic amines is 1. The van der Waals surface area contributed by atoms with Crippen LogP contribution in [0.15, 0.2) is 61.6 Å². The molecule has 2 amide bonds. The lowest BCUT2D eigenvalue weighted by atomic mass is 10.1. The fourth-order valence-electron chi connectivity index (χ4n) is 4.22. The number of pyridine rings is 2. The van der Waals surface area contributed by atoms with Gasteiger partial charge in [-0.2, -0.15) is 0 Å². The number of H-pyrrole nitrogens is 1. The van der Waals surface area contributed by atoms with Crippen LogP contribution in [0.25, 0.3) is 22.3 Å². The molecule has 0 aromatic carbocycles. The van der Waals surface area contributed by atoms with E-state index in [0.29, 0.717) is 34.4 Å². The van der Waals surface area contributed by atoms with Crippen molar-refractivity contribution in [1.82, 2.24) is 34.7 Å². The van der Waals surface area contributed by atoms with E-state index in [2.05, 4.69) is 24.9 Å². The minimum atomic E-state index is -0.609. The molecule has 0 saturated carbocycles. The Morgan fingerprint density at radius 1 is 1.00 bits per heavy atom. The molecule has 0 spiro atoms. The summed E-state index contributed by atoms with van der Waals surface area (Å²) in [6, 6.07) is 4.88. The largest absolute Gasteiger partial charge is 0.359 e. The number of hydrogen-bond acceptors (Lipinski definition) is 7. The second-order valence-electron chi connectivity index (χ2n) is 8.04. The first-order chi connectivity index (χ1) is 16.5. The maximum absolute atomic E-state index is 13.2. The molecule has 0 bridgehead atoms. The maximum Gasteiger partial charge on any atom is 0.295 e. The van der Waals surface area contributed by atoms with Gasteiger partial charge in [-0.15, -0.1) is 0 Å². The van der Waals surface area contributed by atoms with Crippen LogP contribution >= 0.6 is 0 Å². The normalized spacial score (nSPS) is 16.0. The van der Waals surface area contributed by atoms with Gasteiger partial charge in [-0.3, -0.25) is 34.3 Å². The van der Waals surface area contributed by atoms with Crippen molar-refractivity contribution in [2.45, 2.75) is 13.0 Å². The highest BCUT2D eigenvalue weighted by molar-refractivity contribution is 6.45. The van der Waals surface area contributed by atoms with Crippen LogP contribution in [-0.2, 0) is 4.79 Å². The van der Waals surface area contributed by atoms with Crippen molar-refractivity contribution in [2.75, 3.05) is 19.6 Å². The summed E-state index contributed by atoms with van der Waals surface area (Å²) in [6.45, 7) is 2.74. The van der Waals surface area contributed by atoms with Crippen LogP contribution in [0.4, 0.5) is 0 Å². The third kappa shape index (κ3) is 3.79. The monoisotopic (exact) mass is 455 g/mol. The van der Waals surface area contributed by atoms with Gasteiger partial charge in [0, 0.05) is 68.2 Å². The number of aromatic nitrogens is 5. The molecule has 1 atom stereocenters. The van der Waals surface area contributed by atoms with Gasteiger partial charge in [0.25, 0.3) is 17.6 Å². The molecule has 4 aromatic heterocycles. The van der Waals surface area contributed by atoms with E-state index in [1.54, 1.807) is 54.1 Å². The number of carbonyl (C=O) groups is 3. The number of nitrogens with zero attached hydrogens (tertiary/aromatic N) is 6. The first kappa shape index (κ1) is 21.4. The van der Waals surface area contributed by atoms with Gasteiger partial charge in [0.2, 0.25) is 0 Å². The lowest BCUT2D eigenvalue weighted by molar-refractivity contribution is -0.128. The number of amides is 2. The Kier molecular flexibility index (Phi) is 5.54. The zero-order valence-corrected chi connectivity index (χ0v) is 18.4. The number of rotatable bonds is 4. The Morgan fingerprint density at radius 3 is 2.59 bits per heavy atom. The molecule has 0 radical (unpaired) electrons. The van der Waals surface area contributed by atoms with E-state index in [0.717, 1.165) is 0 Å². The van der Waals surface area contributed by atoms with Gasteiger partial charge in [-0.25, -0.2) is 0 Å². The molecule has 1 aliphatic rings. The number of carbonyl (C=O) groups excluding carboxylic acids is 3. The standard InChI is InChI=1S/C24H21N7O3/c1-15-14-30(9-10-31(15)23(33)16-3-2-5-25-11-16)24(34)22(32)18-12-29-20-17(18)4-6-28-21(20)19-13-26-7-8-27-19/h2-8,11-13,15,29H,9-10,14H2,1H3. The summed E-state index contributed by atoms with van der Waals surface area (Å²) in [5.74, 6) is -1.35. The summed E-state index contributed by atoms with van der Waals surface area (Å²) >= 11 is 0. The van der Waals surface area contributed by atoms with Crippen LogP contribution in [0.1, 0.15) is 27.6 Å². The average Bonchev–Trinajstić information content (AvgIpc) is 3.33. The molecule has 5 rings (SSSR count). The molecule has 10 heteroatoms. The summed E-state index contributed by atoms with van der Waals surface area (Å²) in [5.41, 5.74) is 2.49. The van der Waals surface area contributed by atoms with E-state index in [4.69, 9.17) is 0 Å². The number of piperazine rings is 1. The molecule has 1 saturated heterocycles. The minimum Gasteiger partial charge on any atom is -0.359 e. The van der Waals surface area contributed by atoms with Gasteiger partial charge < -0.3 is 14.8 Å². The van der Waals surface area contributed by atoms with Crippen molar-refractivity contribution < 1.29 is 14.4 Å². The molecule has 0 aliphatic carbocycles. The highest BCUT2D eigenvalue weighted by Crippen LogP contribution is 2.27. The molecule has 1 aliphatic heterocycles. The molecule has 34 heavy (non-hydrogen) atoms. The van der Waals surface area contributed by atoms with Crippen LogP contribution in [0.2, 0.25) is 0 Å². The highest BCUT2D eigenvalue weighted by Gasteiger charge is 2.34. The fourth-order valence-corrected chi connectivity index (χ4v) is 4.22. The number of hydrogen-bond donors (Lipinski definition) is 1. The predicted octanol–water partition coefficient (Wildman–Crippen LogP) is 1.97. The second-order valence-corrected chi connectivity index (χ2v) is 8.04. The molecular formula is C24H21N7O3. The molecule has 1 N–H and O–H groups in total. The van der Waals surface area contributed by atoms with Gasteiger partial charge in [-0.05, 0) is 25.1 Å². The Bertz CT molecular complexity index is 1370. The first-order valence-corrected chi connectivity index (χ1v) is 10.8. The summed E-state index contributed by atoms with van der Waals surface area (Å²) in [5, 5.41) is 0.590. The van der Waals surface area contributed by atoms with E-state index in [1.807, 2.05) is 6.92 Å². The van der Waals surface area contributed by atoms with Gasteiger partial charge in [-0.1, -0.05) is 0 Å². The lowest BCUT2D eigenvalue weighted by Gasteiger charge is -2.39. The number of nitrogens with one attached hydrogen (secondary N) is 1. The topological polar surface area (TPSA) is 125 Å². The summed E-state index contributed by atoms with van der Waals surface area (Å²) < 4.78 is 0. The van der Waals surface area contributed by atoms with E-state index in [9.17, 15) is 14.4 Å². The molecule has 1 unspecified atom stereocenters. The van der Waals surface area contributed by atoms with Crippen molar-refractivity contribution in [3.05, 3.63) is 72.7 Å². The van der Waals surface area contributed by atoms with Crippen LogP contribution < -0.4 is 0 Å². The minimum absolute atomic E-state index is 0.139. The molecule has 5 heterocycles. The van der Waals surface area contributed by atoms with Gasteiger partial charge in [0.05, 0.1) is 22.8 Å². The van der Waals surface area contributed by atoms with Gasteiger partial charge >= 0.3 is 0 Å². The molecule has 170 valence electrons. The van der Waals surface area contributed by atoms with E-state index >= 15 is 0 Å². The summed E-state index contributed by atoms with van der Waals surface area (Å²) in [4.78, 5) is 62.0. The van der Waals surface area contributed by atoms with Crippen LogP contribution in [0.3, 0.4) is 0 Å². The van der Waals surface area contributed by atoms with Gasteiger partial charge in [0.1, 0.15) is 11.4 Å². The van der Waals surface area contributed by atoms with Crippen molar-refractivity contribution in [2.24, 2.45) is 0 Å². The Morgan fingerprint density at radius 2 is 1.85 bits per heavy atom. The van der Waals surface area contributed by atoms with Crippen LogP contribution in [-0.4, -0.2) is 78.0 Å². The second kappa shape index (κ2) is 8.81. The Hall–Kier alpha value is -4.47. The Balaban J connectivity index is 1.34. The molecular weight excluding hydrogens is 434 g/mol. The van der Waals surface area contributed by atoms with Crippen molar-refractivity contribution in [3.8, 4) is 11.4 Å². The Labute approximate surface area is 194 Å². The highest BCUT2D eigenvalue weighted by atomic mass is 16.2. The van der Waals surface area contributed by atoms with E-state index in [1.165, 1.54) is 17.3 Å². The number of fused-ring (bicyclic) bond motifs is 1. The number of ketones is 1. The maximum atomic E-state index is 13.2. The average molecular weight is 455 g/mol. The summed E-state index contributed by atoms with van der Waals surface area (Å²) in [6.07, 6.45) is 11.0. The first-order valence-electron chi connectivity index (χ1n) is 10.8. The smallest absolute Gasteiger partial charge is 0.295 e. The third-order valence-corrected chi connectivity index (χ3v) is 5.93. The van der Waals surface area contributed by atoms with Gasteiger partial charge in [0.15, 0.2) is 0 Å². The predicted molar refractivity (Wildman–Crippen MR) is 123 cm³/mol. The number of Topliss-reactive ketones (excluding diaryl/α,β-unsaturated/α-hetero) is 1. The summed E-state index contributed by atoms with van der Waals surface area (Å²) in [7, 11) is 0. The van der Waals surface area contributed by atoms with Crippen molar-refractivity contribution in [3.63, 3.8) is 0 Å². The van der Waals surface area contributed by atoms with Crippen molar-refractivity contribution >= 4 is 28.5 Å². The van der Waals surface area contributed by atoms with Crippen molar-refractivity contribution in [1.29, 1.82) is 0 Å². The zero-order chi connectivity index (χ0) is 23.7. The zero-order valence-electron chi connectivity index (χ0n) is 18.4. The third-order valence-electron chi connectivity index (χ3n) is 5.93. The van der Waals surface area contributed by atoms with Crippen LogP contribution in [0, 0.1) is 0 Å². The molecule has 10 nitrogen and oxygen atoms in total. The fraction of sp³-hybridized carbons (Fsp3) is 0.208. The lowest BCUT2D eigenvalue weighted by Crippen LogP contribution is -2.56. The van der Waals surface area contributed by atoms with E-state index in [-0.39, 0.29) is 30.6 Å². The SMILES string of the molecule is CC1CN(C(=O)C(=O)c2c[nH]c3c(-c4cnccn4)nccc23)CCN1C(=O)c1cccnc1. The quantitative estimate of drug-likeness (QED) is 0.368. The van der Waals surface area contributed by atoms with Crippen LogP contribution in [0.5, 0.6) is 0 Å². The molecule has 1 fully saturated rings.